The number of thiophene rings is 1. The molecule has 0 aliphatic carbocycles. The van der Waals surface area contributed by atoms with Crippen LogP contribution in [0.15, 0.2) is 150 Å². The zero-order valence-electron chi connectivity index (χ0n) is 26.0. The van der Waals surface area contributed by atoms with Gasteiger partial charge in [0.15, 0.2) is 11.6 Å². The number of nitrogens with zero attached hydrogens (tertiary/aromatic N) is 4. The highest BCUT2D eigenvalue weighted by Gasteiger charge is 2.29. The van der Waals surface area contributed by atoms with Crippen LogP contribution in [-0.4, -0.2) is 15.0 Å². The topological polar surface area (TPSA) is 55.1 Å². The van der Waals surface area contributed by atoms with Gasteiger partial charge in [-0.1, -0.05) is 97.1 Å². The summed E-state index contributed by atoms with van der Waals surface area (Å²) in [4.78, 5) is 18.0. The minimum atomic E-state index is 0.554. The molecule has 3 aromatic heterocycles. The summed E-state index contributed by atoms with van der Waals surface area (Å²) in [6.07, 6.45) is 0. The van der Waals surface area contributed by atoms with Crippen molar-refractivity contribution in [2.24, 2.45) is 0 Å². The molecular weight excluding hydrogens is 621 g/mol. The van der Waals surface area contributed by atoms with Gasteiger partial charge in [-0.05, 0) is 59.5 Å². The molecule has 1 aliphatic rings. The number of hydrogen-bond donors (Lipinski definition) is 0. The van der Waals surface area contributed by atoms with Crippen molar-refractivity contribution in [2.75, 3.05) is 4.90 Å². The molecule has 0 atom stereocenters. The van der Waals surface area contributed by atoms with Crippen LogP contribution in [-0.2, 0) is 0 Å². The van der Waals surface area contributed by atoms with Crippen LogP contribution in [0.5, 0.6) is 0 Å². The van der Waals surface area contributed by atoms with Gasteiger partial charge in [0.1, 0.15) is 11.2 Å². The highest BCUT2D eigenvalue weighted by molar-refractivity contribution is 7.25. The van der Waals surface area contributed by atoms with Crippen molar-refractivity contribution in [2.45, 2.75) is 0 Å². The zero-order chi connectivity index (χ0) is 32.1. The zero-order valence-corrected chi connectivity index (χ0v) is 26.8. The number of furan rings is 1. The Bertz CT molecular complexity index is 2970. The lowest BCUT2D eigenvalue weighted by atomic mass is 9.91. The molecule has 0 N–H and O–H groups in total. The van der Waals surface area contributed by atoms with Crippen molar-refractivity contribution in [3.05, 3.63) is 146 Å². The van der Waals surface area contributed by atoms with Gasteiger partial charge < -0.3 is 4.42 Å². The molecule has 228 valence electrons. The minimum absolute atomic E-state index is 0.554. The predicted molar refractivity (Wildman–Crippen MR) is 202 cm³/mol. The summed E-state index contributed by atoms with van der Waals surface area (Å²) in [6, 6.07) is 50.9. The Hall–Kier alpha value is -6.37. The highest BCUT2D eigenvalue weighted by atomic mass is 32.1. The predicted octanol–water partition coefficient (Wildman–Crippen LogP) is 12.1. The van der Waals surface area contributed by atoms with Crippen molar-refractivity contribution in [1.82, 2.24) is 15.0 Å². The second-order valence-corrected chi connectivity index (χ2v) is 13.5. The van der Waals surface area contributed by atoms with Crippen molar-refractivity contribution in [1.29, 1.82) is 0 Å². The largest absolute Gasteiger partial charge is 0.455 e. The van der Waals surface area contributed by atoms with E-state index in [4.69, 9.17) is 19.4 Å². The van der Waals surface area contributed by atoms with Crippen LogP contribution in [0.3, 0.4) is 0 Å². The second-order valence-electron chi connectivity index (χ2n) is 12.4. The summed E-state index contributed by atoms with van der Waals surface area (Å²) >= 11 is 1.80. The average molecular weight is 645 g/mol. The van der Waals surface area contributed by atoms with E-state index >= 15 is 0 Å². The number of para-hydroxylation sites is 3. The van der Waals surface area contributed by atoms with Gasteiger partial charge >= 0.3 is 0 Å². The van der Waals surface area contributed by atoms with E-state index in [9.17, 15) is 0 Å². The number of fused-ring (bicyclic) bond motifs is 8. The van der Waals surface area contributed by atoms with Crippen LogP contribution >= 0.6 is 11.3 Å². The number of aromatic nitrogens is 3. The van der Waals surface area contributed by atoms with Gasteiger partial charge in [0.25, 0.3) is 0 Å². The van der Waals surface area contributed by atoms with E-state index in [1.165, 1.54) is 36.5 Å². The fraction of sp³-hybridized carbons (Fsp3) is 0. The number of rotatable bonds is 3. The molecule has 5 nitrogen and oxygen atoms in total. The Kier molecular flexibility index (Phi) is 5.48. The molecule has 0 amide bonds. The first-order chi connectivity index (χ1) is 24.3. The average Bonchev–Trinajstić information content (AvgIpc) is 3.73. The summed E-state index contributed by atoms with van der Waals surface area (Å²) in [6.45, 7) is 0. The van der Waals surface area contributed by atoms with Crippen LogP contribution < -0.4 is 4.90 Å². The lowest BCUT2D eigenvalue weighted by Gasteiger charge is -2.32. The molecule has 10 aromatic rings. The maximum atomic E-state index is 6.50. The van der Waals surface area contributed by atoms with E-state index in [0.29, 0.717) is 17.6 Å². The normalized spacial score (nSPS) is 12.4. The molecule has 0 saturated carbocycles. The van der Waals surface area contributed by atoms with E-state index in [1.54, 1.807) is 11.3 Å². The number of benzene rings is 7. The van der Waals surface area contributed by atoms with Crippen LogP contribution in [0.25, 0.3) is 86.8 Å². The van der Waals surface area contributed by atoms with Crippen molar-refractivity contribution in [3.8, 4) is 33.9 Å². The molecule has 11 rings (SSSR count). The minimum Gasteiger partial charge on any atom is -0.455 e. The smallest absolute Gasteiger partial charge is 0.238 e. The Morgan fingerprint density at radius 1 is 0.490 bits per heavy atom. The molecule has 0 radical (unpaired) electrons. The van der Waals surface area contributed by atoms with Crippen molar-refractivity contribution in [3.63, 3.8) is 0 Å². The first kappa shape index (κ1) is 26.7. The number of anilines is 3. The Morgan fingerprint density at radius 2 is 1.18 bits per heavy atom. The molecule has 6 heteroatoms. The first-order valence-corrected chi connectivity index (χ1v) is 17.1. The standard InChI is InChI=1S/C43H24N4OS/c1-4-18-34-27(12-1)30-15-7-10-25-11-8-19-35(39(25)30)47(34)43-45-41(26-22-23-38-33(24-26)29-14-3-6-21-37(29)49-38)44-42(46-43)32-17-9-16-31-28-13-2-5-20-36(28)48-40(31)32/h1-24H. The van der Waals surface area contributed by atoms with E-state index in [0.717, 1.165) is 50.0 Å². The van der Waals surface area contributed by atoms with Crippen LogP contribution in [0.1, 0.15) is 0 Å². The van der Waals surface area contributed by atoms with E-state index in [1.807, 2.05) is 24.3 Å². The van der Waals surface area contributed by atoms with Gasteiger partial charge in [0, 0.05) is 47.5 Å². The Morgan fingerprint density at radius 3 is 2.14 bits per heavy atom. The molecule has 0 saturated heterocycles. The summed E-state index contributed by atoms with van der Waals surface area (Å²) in [5, 5.41) is 6.88. The lowest BCUT2D eigenvalue weighted by Crippen LogP contribution is -2.18. The van der Waals surface area contributed by atoms with Gasteiger partial charge in [-0.15, -0.1) is 11.3 Å². The number of hydrogen-bond acceptors (Lipinski definition) is 6. The van der Waals surface area contributed by atoms with Gasteiger partial charge in [-0.3, -0.25) is 4.90 Å². The molecule has 4 heterocycles. The Balaban J connectivity index is 1.21. The summed E-state index contributed by atoms with van der Waals surface area (Å²) in [7, 11) is 0. The van der Waals surface area contributed by atoms with Gasteiger partial charge in [0.05, 0.1) is 16.9 Å². The van der Waals surface area contributed by atoms with E-state index < -0.39 is 0 Å². The van der Waals surface area contributed by atoms with Crippen LogP contribution in [0, 0.1) is 0 Å². The molecule has 49 heavy (non-hydrogen) atoms. The van der Waals surface area contributed by atoms with E-state index in [2.05, 4.69) is 126 Å². The molecule has 7 aromatic carbocycles. The van der Waals surface area contributed by atoms with Gasteiger partial charge in [0.2, 0.25) is 5.95 Å². The summed E-state index contributed by atoms with van der Waals surface area (Å²) < 4.78 is 9.00. The third-order valence-electron chi connectivity index (χ3n) is 9.66. The monoisotopic (exact) mass is 644 g/mol. The van der Waals surface area contributed by atoms with Gasteiger partial charge in [-0.25, -0.2) is 4.98 Å². The Labute approximate surface area is 284 Å². The van der Waals surface area contributed by atoms with Crippen molar-refractivity contribution >= 4 is 81.5 Å². The molecule has 0 unspecified atom stereocenters. The fourth-order valence-electron chi connectivity index (χ4n) is 7.48. The second kappa shape index (κ2) is 10.1. The third kappa shape index (κ3) is 3.89. The van der Waals surface area contributed by atoms with Crippen LogP contribution in [0.2, 0.25) is 0 Å². The fourth-order valence-corrected chi connectivity index (χ4v) is 8.56. The maximum Gasteiger partial charge on any atom is 0.238 e. The van der Waals surface area contributed by atoms with Gasteiger partial charge in [-0.2, -0.15) is 9.97 Å². The molecular formula is C43H24N4OS. The molecule has 1 aliphatic heterocycles. The van der Waals surface area contributed by atoms with Crippen LogP contribution in [0.4, 0.5) is 17.3 Å². The summed E-state index contributed by atoms with van der Waals surface area (Å²) in [5.74, 6) is 1.72. The SMILES string of the molecule is c1ccc2c(c1)-c1cccc3cccc(c13)N2c1nc(-c2ccc3sc4ccccc4c3c2)nc(-c2cccc3c2oc2ccccc23)n1. The molecule has 0 fully saturated rings. The summed E-state index contributed by atoms with van der Waals surface area (Å²) in [5.41, 5.74) is 7.76. The highest BCUT2D eigenvalue weighted by Crippen LogP contribution is 2.50. The van der Waals surface area contributed by atoms with Crippen molar-refractivity contribution < 1.29 is 4.42 Å². The quantitative estimate of drug-likeness (QED) is 0.192. The molecule has 0 spiro atoms. The molecule has 0 bridgehead atoms. The van der Waals surface area contributed by atoms with E-state index in [-0.39, 0.29) is 0 Å². The first-order valence-electron chi connectivity index (χ1n) is 16.3. The third-order valence-corrected chi connectivity index (χ3v) is 10.8. The lowest BCUT2D eigenvalue weighted by molar-refractivity contribution is 0.669. The maximum absolute atomic E-state index is 6.50.